The maximum atomic E-state index is 13.8. The lowest BCUT2D eigenvalue weighted by Gasteiger charge is -2.35. The number of amides is 2. The molecule has 3 unspecified atom stereocenters. The van der Waals surface area contributed by atoms with Gasteiger partial charge in [0.25, 0.3) is 0 Å². The number of esters is 1. The van der Waals surface area contributed by atoms with Gasteiger partial charge < -0.3 is 15.4 Å². The molecule has 31 heavy (non-hydrogen) atoms. The predicted octanol–water partition coefficient (Wildman–Crippen LogP) is 2.88. The molecule has 7 nitrogen and oxygen atoms in total. The molecule has 1 aliphatic rings. The first-order chi connectivity index (χ1) is 14.9. The maximum Gasteiger partial charge on any atom is 0.337 e. The van der Waals surface area contributed by atoms with Gasteiger partial charge in [-0.15, -0.1) is 11.8 Å². The molecule has 1 fully saturated rings. The number of hydrogen-bond donors (Lipinski definition) is 3. The number of thioether (sulfide) groups is 1. The lowest BCUT2D eigenvalue weighted by Crippen LogP contribution is -2.59. The van der Waals surface area contributed by atoms with E-state index >= 15 is 0 Å². The second-order valence-electron chi connectivity index (χ2n) is 7.17. The van der Waals surface area contributed by atoms with Crippen molar-refractivity contribution in [3.8, 4) is 0 Å². The van der Waals surface area contributed by atoms with E-state index in [1.165, 1.54) is 24.9 Å². The van der Waals surface area contributed by atoms with Gasteiger partial charge in [-0.2, -0.15) is 0 Å². The molecule has 0 saturated carbocycles. The van der Waals surface area contributed by atoms with Gasteiger partial charge in [0.15, 0.2) is 0 Å². The molecule has 0 aromatic heterocycles. The highest BCUT2D eigenvalue weighted by molar-refractivity contribution is 7.99. The SMILES string of the molecule is COC(=O)c1ccc(NC(=O)CC2C(=O)NC(SCc3ccccc3F)NC2C)cc1. The number of hydrogen-bond acceptors (Lipinski definition) is 6. The van der Waals surface area contributed by atoms with Crippen molar-refractivity contribution in [2.75, 3.05) is 12.4 Å². The Bertz CT molecular complexity index is 954. The Labute approximate surface area is 184 Å². The number of halogens is 1. The molecule has 0 aliphatic carbocycles. The summed E-state index contributed by atoms with van der Waals surface area (Å²) in [7, 11) is 1.30. The van der Waals surface area contributed by atoms with Crippen molar-refractivity contribution >= 4 is 35.2 Å². The first-order valence-corrected chi connectivity index (χ1v) is 10.8. The summed E-state index contributed by atoms with van der Waals surface area (Å²) >= 11 is 1.38. The van der Waals surface area contributed by atoms with Crippen LogP contribution in [0.5, 0.6) is 0 Å². The molecular weight excluding hydrogens is 421 g/mol. The van der Waals surface area contributed by atoms with Crippen molar-refractivity contribution < 1.29 is 23.5 Å². The van der Waals surface area contributed by atoms with Crippen LogP contribution in [0.15, 0.2) is 48.5 Å². The van der Waals surface area contributed by atoms with E-state index in [9.17, 15) is 18.8 Å². The van der Waals surface area contributed by atoms with Crippen LogP contribution in [0, 0.1) is 11.7 Å². The van der Waals surface area contributed by atoms with Crippen LogP contribution < -0.4 is 16.0 Å². The van der Waals surface area contributed by atoms with E-state index in [0.29, 0.717) is 22.6 Å². The molecule has 3 N–H and O–H groups in total. The Balaban J connectivity index is 1.51. The minimum Gasteiger partial charge on any atom is -0.465 e. The molecule has 1 heterocycles. The molecule has 2 amide bonds. The molecule has 2 aromatic rings. The van der Waals surface area contributed by atoms with E-state index < -0.39 is 11.9 Å². The van der Waals surface area contributed by atoms with Crippen LogP contribution in [0.2, 0.25) is 0 Å². The van der Waals surface area contributed by atoms with Crippen molar-refractivity contribution in [1.29, 1.82) is 0 Å². The first kappa shape index (κ1) is 22.8. The van der Waals surface area contributed by atoms with E-state index in [1.54, 1.807) is 42.5 Å². The Kier molecular flexibility index (Phi) is 7.64. The Hall–Kier alpha value is -2.91. The van der Waals surface area contributed by atoms with Crippen molar-refractivity contribution in [3.63, 3.8) is 0 Å². The minimum atomic E-state index is -0.542. The molecule has 0 spiro atoms. The quantitative estimate of drug-likeness (QED) is 0.567. The summed E-state index contributed by atoms with van der Waals surface area (Å²) in [5.41, 5.74) is 1.10. The minimum absolute atomic E-state index is 0.00343. The van der Waals surface area contributed by atoms with Crippen LogP contribution in [0.25, 0.3) is 0 Å². The number of benzene rings is 2. The molecule has 3 rings (SSSR count). The Morgan fingerprint density at radius 1 is 1.16 bits per heavy atom. The van der Waals surface area contributed by atoms with Crippen LogP contribution in [0.4, 0.5) is 10.1 Å². The van der Waals surface area contributed by atoms with Crippen LogP contribution in [0.1, 0.15) is 29.3 Å². The smallest absolute Gasteiger partial charge is 0.337 e. The van der Waals surface area contributed by atoms with E-state index in [0.717, 1.165) is 0 Å². The molecule has 164 valence electrons. The monoisotopic (exact) mass is 445 g/mol. The van der Waals surface area contributed by atoms with Gasteiger partial charge in [-0.05, 0) is 42.8 Å². The van der Waals surface area contributed by atoms with Crippen LogP contribution in [-0.2, 0) is 20.1 Å². The molecule has 1 aliphatic heterocycles. The summed E-state index contributed by atoms with van der Waals surface area (Å²) in [4.78, 5) is 36.5. The highest BCUT2D eigenvalue weighted by atomic mass is 32.2. The molecule has 0 radical (unpaired) electrons. The zero-order chi connectivity index (χ0) is 22.4. The molecule has 1 saturated heterocycles. The number of carbonyl (C=O) groups is 3. The van der Waals surface area contributed by atoms with E-state index in [2.05, 4.69) is 20.7 Å². The summed E-state index contributed by atoms with van der Waals surface area (Å²) < 4.78 is 18.4. The van der Waals surface area contributed by atoms with Crippen molar-refractivity contribution in [1.82, 2.24) is 10.6 Å². The fraction of sp³-hybridized carbons (Fsp3) is 0.318. The number of nitrogens with one attached hydrogen (secondary N) is 3. The van der Waals surface area contributed by atoms with Crippen molar-refractivity contribution in [2.45, 2.75) is 30.6 Å². The van der Waals surface area contributed by atoms with E-state index in [-0.39, 0.29) is 35.6 Å². The predicted molar refractivity (Wildman–Crippen MR) is 117 cm³/mol. The third kappa shape index (κ3) is 6.05. The number of carbonyl (C=O) groups excluding carboxylic acids is 3. The number of ether oxygens (including phenoxy) is 1. The van der Waals surface area contributed by atoms with Gasteiger partial charge in [-0.3, -0.25) is 14.9 Å². The number of methoxy groups -OCH3 is 1. The zero-order valence-electron chi connectivity index (χ0n) is 17.2. The summed E-state index contributed by atoms with van der Waals surface area (Å²) in [6, 6.07) is 12.6. The van der Waals surface area contributed by atoms with E-state index in [4.69, 9.17) is 0 Å². The largest absolute Gasteiger partial charge is 0.465 e. The van der Waals surface area contributed by atoms with Gasteiger partial charge in [0.05, 0.1) is 18.6 Å². The van der Waals surface area contributed by atoms with E-state index in [1.807, 2.05) is 6.92 Å². The number of rotatable bonds is 7. The first-order valence-electron chi connectivity index (χ1n) is 9.77. The lowest BCUT2D eigenvalue weighted by molar-refractivity contribution is -0.131. The standard InChI is InChI=1S/C22H24FN3O4S/c1-13-17(11-19(27)25-16-9-7-14(8-10-16)21(29)30-2)20(28)26-22(24-13)31-12-15-5-3-4-6-18(15)23/h3-10,13,17,22,24H,11-12H2,1-2H3,(H,25,27)(H,26,28). The Morgan fingerprint density at radius 2 is 1.87 bits per heavy atom. The third-order valence-corrected chi connectivity index (χ3v) is 6.05. The highest BCUT2D eigenvalue weighted by Crippen LogP contribution is 2.23. The third-order valence-electron chi connectivity index (χ3n) is 4.99. The van der Waals surface area contributed by atoms with Gasteiger partial charge in [-0.25, -0.2) is 9.18 Å². The normalized spacial score (nSPS) is 20.6. The topological polar surface area (TPSA) is 96.5 Å². The summed E-state index contributed by atoms with van der Waals surface area (Å²) in [5, 5.41) is 8.83. The van der Waals surface area contributed by atoms with Crippen LogP contribution >= 0.6 is 11.8 Å². The second-order valence-corrected chi connectivity index (χ2v) is 8.27. The zero-order valence-corrected chi connectivity index (χ0v) is 18.0. The highest BCUT2D eigenvalue weighted by Gasteiger charge is 2.35. The van der Waals surface area contributed by atoms with Gasteiger partial charge >= 0.3 is 5.97 Å². The molecular formula is C22H24FN3O4S. The van der Waals surface area contributed by atoms with Crippen LogP contribution in [0.3, 0.4) is 0 Å². The summed E-state index contributed by atoms with van der Waals surface area (Å²) in [6.45, 7) is 1.85. The fourth-order valence-electron chi connectivity index (χ4n) is 3.23. The van der Waals surface area contributed by atoms with Crippen molar-refractivity contribution in [2.24, 2.45) is 5.92 Å². The number of anilines is 1. The average Bonchev–Trinajstić information content (AvgIpc) is 2.75. The van der Waals surface area contributed by atoms with Gasteiger partial charge in [0, 0.05) is 23.9 Å². The van der Waals surface area contributed by atoms with Gasteiger partial charge in [0.1, 0.15) is 11.3 Å². The van der Waals surface area contributed by atoms with Gasteiger partial charge in [-0.1, -0.05) is 18.2 Å². The average molecular weight is 446 g/mol. The van der Waals surface area contributed by atoms with Crippen LogP contribution in [-0.4, -0.2) is 36.4 Å². The van der Waals surface area contributed by atoms with Crippen molar-refractivity contribution in [3.05, 3.63) is 65.5 Å². The second kappa shape index (κ2) is 10.4. The fourth-order valence-corrected chi connectivity index (χ4v) is 4.32. The molecule has 3 atom stereocenters. The molecule has 9 heteroatoms. The molecule has 0 bridgehead atoms. The summed E-state index contributed by atoms with van der Waals surface area (Å²) in [5.74, 6) is -1.41. The summed E-state index contributed by atoms with van der Waals surface area (Å²) in [6.07, 6.45) is 0.00343. The maximum absolute atomic E-state index is 13.8. The lowest BCUT2D eigenvalue weighted by atomic mass is 9.94. The van der Waals surface area contributed by atoms with Gasteiger partial charge in [0.2, 0.25) is 11.8 Å². The molecule has 2 aromatic carbocycles. The Morgan fingerprint density at radius 3 is 2.52 bits per heavy atom.